The zero-order valence-electron chi connectivity index (χ0n) is 10.2. The summed E-state index contributed by atoms with van der Waals surface area (Å²) in [5.74, 6) is -0.0566. The highest BCUT2D eigenvalue weighted by Gasteiger charge is 2.31. The van der Waals surface area contributed by atoms with Crippen LogP contribution >= 0.6 is 0 Å². The summed E-state index contributed by atoms with van der Waals surface area (Å²) in [5.41, 5.74) is 0. The molecule has 0 N–H and O–H groups in total. The molecule has 0 bridgehead atoms. The van der Waals surface area contributed by atoms with Gasteiger partial charge in [-0.3, -0.25) is 9.69 Å². The van der Waals surface area contributed by atoms with Crippen molar-refractivity contribution in [1.29, 1.82) is 0 Å². The van der Waals surface area contributed by atoms with Crippen molar-refractivity contribution in [3.63, 3.8) is 0 Å². The molecule has 1 unspecified atom stereocenters. The fraction of sp³-hybridized carbons (Fsp3) is 0.917. The second-order valence-electron chi connectivity index (χ2n) is 4.77. The van der Waals surface area contributed by atoms with Gasteiger partial charge in [0.25, 0.3) is 0 Å². The summed E-state index contributed by atoms with van der Waals surface area (Å²) in [6.45, 7) is 5.63. The van der Waals surface area contributed by atoms with Crippen molar-refractivity contribution >= 4 is 5.97 Å². The van der Waals surface area contributed by atoms with E-state index in [1.54, 1.807) is 0 Å². The molecule has 4 nitrogen and oxygen atoms in total. The first-order chi connectivity index (χ1) is 7.81. The highest BCUT2D eigenvalue weighted by molar-refractivity contribution is 5.75. The summed E-state index contributed by atoms with van der Waals surface area (Å²) in [4.78, 5) is 16.3. The van der Waals surface area contributed by atoms with Crippen LogP contribution in [-0.2, 0) is 9.53 Å². The van der Waals surface area contributed by atoms with Crippen LogP contribution in [0.15, 0.2) is 0 Å². The maximum absolute atomic E-state index is 11.5. The van der Waals surface area contributed by atoms with Gasteiger partial charge in [-0.2, -0.15) is 0 Å². The summed E-state index contributed by atoms with van der Waals surface area (Å²) in [6, 6.07) is 0.0209. The van der Waals surface area contributed by atoms with Crippen molar-refractivity contribution in [2.24, 2.45) is 0 Å². The molecular weight excluding hydrogens is 204 g/mol. The second-order valence-corrected chi connectivity index (χ2v) is 4.77. The topological polar surface area (TPSA) is 32.8 Å². The smallest absolute Gasteiger partial charge is 0.323 e. The lowest BCUT2D eigenvalue weighted by molar-refractivity contribution is -0.145. The quantitative estimate of drug-likeness (QED) is 0.661. The van der Waals surface area contributed by atoms with E-state index in [4.69, 9.17) is 4.74 Å². The molecule has 0 aromatic heterocycles. The van der Waals surface area contributed by atoms with Gasteiger partial charge < -0.3 is 9.64 Å². The number of hydrogen-bond donors (Lipinski definition) is 0. The highest BCUT2D eigenvalue weighted by Crippen LogP contribution is 2.18. The van der Waals surface area contributed by atoms with Crippen LogP contribution in [-0.4, -0.2) is 61.6 Å². The third-order valence-corrected chi connectivity index (χ3v) is 3.74. The van der Waals surface area contributed by atoms with Crippen molar-refractivity contribution in [2.75, 3.05) is 39.8 Å². The largest absolute Gasteiger partial charge is 0.468 e. The first-order valence-corrected chi connectivity index (χ1v) is 6.35. The Morgan fingerprint density at radius 3 is 2.62 bits per heavy atom. The summed E-state index contributed by atoms with van der Waals surface area (Å²) in [6.07, 6.45) is 4.76. The van der Waals surface area contributed by atoms with Crippen LogP contribution in [0.5, 0.6) is 0 Å². The molecule has 2 aliphatic rings. The van der Waals surface area contributed by atoms with Crippen LogP contribution in [0.3, 0.4) is 0 Å². The number of esters is 1. The molecule has 0 aromatic carbocycles. The number of likely N-dealkylation sites (tertiary alicyclic amines) is 2. The summed E-state index contributed by atoms with van der Waals surface area (Å²) < 4.78 is 4.84. The minimum Gasteiger partial charge on any atom is -0.468 e. The number of ether oxygens (including phenoxy) is 1. The Morgan fingerprint density at radius 2 is 1.94 bits per heavy atom. The second kappa shape index (κ2) is 5.64. The highest BCUT2D eigenvalue weighted by atomic mass is 16.5. The van der Waals surface area contributed by atoms with Gasteiger partial charge in [0.15, 0.2) is 0 Å². The lowest BCUT2D eigenvalue weighted by Gasteiger charge is -2.25. The molecule has 0 radical (unpaired) electrons. The van der Waals surface area contributed by atoms with Crippen LogP contribution in [0.25, 0.3) is 0 Å². The van der Waals surface area contributed by atoms with Gasteiger partial charge in [-0.25, -0.2) is 0 Å². The van der Waals surface area contributed by atoms with Gasteiger partial charge >= 0.3 is 5.97 Å². The Kier molecular flexibility index (Phi) is 4.18. The predicted octanol–water partition coefficient (Wildman–Crippen LogP) is 0.720. The third-order valence-electron chi connectivity index (χ3n) is 3.74. The number of rotatable bonds is 4. The molecule has 2 saturated heterocycles. The average Bonchev–Trinajstić information content (AvgIpc) is 2.96. The van der Waals surface area contributed by atoms with E-state index >= 15 is 0 Å². The van der Waals surface area contributed by atoms with Crippen molar-refractivity contribution in [1.82, 2.24) is 9.80 Å². The third kappa shape index (κ3) is 2.74. The number of carbonyl (C=O) groups excluding carboxylic acids is 1. The maximum Gasteiger partial charge on any atom is 0.323 e. The zero-order valence-corrected chi connectivity index (χ0v) is 10.2. The van der Waals surface area contributed by atoms with Gasteiger partial charge in [-0.15, -0.1) is 0 Å². The monoisotopic (exact) mass is 226 g/mol. The SMILES string of the molecule is COC(=O)C1CCCN1CCN1CCCC1. The first kappa shape index (κ1) is 11.9. The predicted molar refractivity (Wildman–Crippen MR) is 62.3 cm³/mol. The van der Waals surface area contributed by atoms with E-state index in [-0.39, 0.29) is 12.0 Å². The van der Waals surface area contributed by atoms with Crippen molar-refractivity contribution in [2.45, 2.75) is 31.7 Å². The molecule has 2 rings (SSSR count). The standard InChI is InChI=1S/C12H22N2O2/c1-16-12(15)11-5-4-8-14(11)10-9-13-6-2-3-7-13/h11H,2-10H2,1H3. The molecule has 0 saturated carbocycles. The van der Waals surface area contributed by atoms with Crippen LogP contribution in [0.1, 0.15) is 25.7 Å². The van der Waals surface area contributed by atoms with Gasteiger partial charge in [0.05, 0.1) is 7.11 Å². The van der Waals surface area contributed by atoms with Crippen molar-refractivity contribution in [3.05, 3.63) is 0 Å². The lowest BCUT2D eigenvalue weighted by atomic mass is 10.2. The van der Waals surface area contributed by atoms with E-state index in [1.165, 1.54) is 33.0 Å². The molecule has 92 valence electrons. The minimum absolute atomic E-state index is 0.0209. The maximum atomic E-state index is 11.5. The van der Waals surface area contributed by atoms with E-state index in [2.05, 4.69) is 9.80 Å². The molecule has 16 heavy (non-hydrogen) atoms. The summed E-state index contributed by atoms with van der Waals surface area (Å²) >= 11 is 0. The van der Waals surface area contributed by atoms with E-state index < -0.39 is 0 Å². The number of nitrogens with zero attached hydrogens (tertiary/aromatic N) is 2. The number of hydrogen-bond acceptors (Lipinski definition) is 4. The van der Waals surface area contributed by atoms with Gasteiger partial charge in [-0.1, -0.05) is 0 Å². The molecular formula is C12H22N2O2. The summed E-state index contributed by atoms with van der Waals surface area (Å²) in [7, 11) is 1.49. The average molecular weight is 226 g/mol. The number of methoxy groups -OCH3 is 1. The molecule has 0 aliphatic carbocycles. The molecule has 0 spiro atoms. The fourth-order valence-corrected chi connectivity index (χ4v) is 2.77. The lowest BCUT2D eigenvalue weighted by Crippen LogP contribution is -2.41. The van der Waals surface area contributed by atoms with Crippen molar-refractivity contribution < 1.29 is 9.53 Å². The Hall–Kier alpha value is -0.610. The Balaban J connectivity index is 1.76. The number of carbonyl (C=O) groups is 1. The molecule has 0 amide bonds. The van der Waals surface area contributed by atoms with Crippen LogP contribution in [0.4, 0.5) is 0 Å². The Morgan fingerprint density at radius 1 is 1.19 bits per heavy atom. The van der Waals surface area contributed by atoms with E-state index in [0.717, 1.165) is 32.5 Å². The first-order valence-electron chi connectivity index (χ1n) is 6.35. The van der Waals surface area contributed by atoms with Gasteiger partial charge in [0.2, 0.25) is 0 Å². The van der Waals surface area contributed by atoms with E-state index in [1.807, 2.05) is 0 Å². The van der Waals surface area contributed by atoms with Gasteiger partial charge in [-0.05, 0) is 45.3 Å². The molecule has 0 aromatic rings. The molecule has 2 fully saturated rings. The molecule has 2 aliphatic heterocycles. The van der Waals surface area contributed by atoms with Gasteiger partial charge in [0, 0.05) is 13.1 Å². The van der Waals surface area contributed by atoms with Crippen LogP contribution in [0.2, 0.25) is 0 Å². The van der Waals surface area contributed by atoms with Crippen LogP contribution < -0.4 is 0 Å². The Labute approximate surface area is 97.5 Å². The van der Waals surface area contributed by atoms with E-state index in [0.29, 0.717) is 0 Å². The van der Waals surface area contributed by atoms with E-state index in [9.17, 15) is 4.79 Å². The zero-order chi connectivity index (χ0) is 11.4. The summed E-state index contributed by atoms with van der Waals surface area (Å²) in [5, 5.41) is 0. The molecule has 4 heteroatoms. The van der Waals surface area contributed by atoms with Gasteiger partial charge in [0.1, 0.15) is 6.04 Å². The van der Waals surface area contributed by atoms with Crippen LogP contribution in [0, 0.1) is 0 Å². The minimum atomic E-state index is -0.0566. The fourth-order valence-electron chi connectivity index (χ4n) is 2.77. The Bertz CT molecular complexity index is 239. The molecule has 1 atom stereocenters. The van der Waals surface area contributed by atoms with Crippen molar-refractivity contribution in [3.8, 4) is 0 Å². The normalized spacial score (nSPS) is 27.4. The molecule has 2 heterocycles.